The molecule has 96 valence electrons. The highest BCUT2D eigenvalue weighted by atomic mass is 16.3. The van der Waals surface area contributed by atoms with E-state index >= 15 is 0 Å². The van der Waals surface area contributed by atoms with Crippen molar-refractivity contribution in [2.24, 2.45) is 0 Å². The molecule has 1 rings (SSSR count). The van der Waals surface area contributed by atoms with Crippen LogP contribution in [-0.2, 0) is 12.8 Å². The van der Waals surface area contributed by atoms with Crippen LogP contribution < -0.4 is 0 Å². The van der Waals surface area contributed by atoms with Gasteiger partial charge >= 0.3 is 0 Å². The number of hydrogen-bond acceptors (Lipinski definition) is 2. The van der Waals surface area contributed by atoms with Crippen molar-refractivity contribution in [3.63, 3.8) is 0 Å². The van der Waals surface area contributed by atoms with Crippen molar-refractivity contribution in [1.29, 1.82) is 0 Å². The van der Waals surface area contributed by atoms with Gasteiger partial charge in [-0.1, -0.05) is 31.2 Å². The average Bonchev–Trinajstić information content (AvgIpc) is 2.25. The Morgan fingerprint density at radius 3 is 2.12 bits per heavy atom. The maximum Gasteiger partial charge on any atom is 0.0631 e. The summed E-state index contributed by atoms with van der Waals surface area (Å²) >= 11 is 0. The molecule has 0 aliphatic rings. The predicted octanol–water partition coefficient (Wildman–Crippen LogP) is 2.70. The van der Waals surface area contributed by atoms with Crippen molar-refractivity contribution in [2.75, 3.05) is 0 Å². The molecule has 0 spiro atoms. The van der Waals surface area contributed by atoms with E-state index in [1.807, 2.05) is 20.8 Å². The molecule has 0 heterocycles. The third-order valence-corrected chi connectivity index (χ3v) is 2.90. The van der Waals surface area contributed by atoms with Crippen LogP contribution >= 0.6 is 0 Å². The fraction of sp³-hybridized carbons (Fsp3) is 0.600. The Morgan fingerprint density at radius 1 is 1.12 bits per heavy atom. The molecule has 0 bridgehead atoms. The van der Waals surface area contributed by atoms with Gasteiger partial charge in [0.2, 0.25) is 0 Å². The molecule has 0 saturated heterocycles. The number of aliphatic hydroxyl groups excluding tert-OH is 1. The van der Waals surface area contributed by atoms with Gasteiger partial charge in [0, 0.05) is 6.42 Å². The van der Waals surface area contributed by atoms with Crippen molar-refractivity contribution in [2.45, 2.75) is 58.2 Å². The van der Waals surface area contributed by atoms with Crippen LogP contribution in [0.5, 0.6) is 0 Å². The predicted molar refractivity (Wildman–Crippen MR) is 71.1 cm³/mol. The summed E-state index contributed by atoms with van der Waals surface area (Å²) in [7, 11) is 0. The van der Waals surface area contributed by atoms with Crippen LogP contribution in [0.3, 0.4) is 0 Å². The van der Waals surface area contributed by atoms with Gasteiger partial charge in [-0.25, -0.2) is 0 Å². The van der Waals surface area contributed by atoms with Crippen molar-refractivity contribution in [3.8, 4) is 0 Å². The molecule has 17 heavy (non-hydrogen) atoms. The van der Waals surface area contributed by atoms with Gasteiger partial charge in [0.15, 0.2) is 0 Å². The van der Waals surface area contributed by atoms with Gasteiger partial charge in [-0.15, -0.1) is 0 Å². The lowest BCUT2D eigenvalue weighted by atomic mass is 9.97. The van der Waals surface area contributed by atoms with Crippen LogP contribution in [0.4, 0.5) is 0 Å². The molecule has 1 aromatic rings. The van der Waals surface area contributed by atoms with E-state index in [0.29, 0.717) is 6.42 Å². The third kappa shape index (κ3) is 5.85. The Kier molecular flexibility index (Phi) is 5.16. The highest BCUT2D eigenvalue weighted by Gasteiger charge is 2.13. The Bertz CT molecular complexity index is 322. The molecule has 0 aliphatic carbocycles. The Balaban J connectivity index is 2.50. The lowest BCUT2D eigenvalue weighted by Crippen LogP contribution is -2.21. The first-order valence-corrected chi connectivity index (χ1v) is 6.39. The Labute approximate surface area is 104 Å². The first-order chi connectivity index (χ1) is 7.90. The summed E-state index contributed by atoms with van der Waals surface area (Å²) in [6.07, 6.45) is 3.03. The number of hydrogen-bond donors (Lipinski definition) is 2. The molecule has 0 radical (unpaired) electrons. The molecule has 0 amide bonds. The minimum atomic E-state index is -0.653. The van der Waals surface area contributed by atoms with Crippen LogP contribution in [0, 0.1) is 0 Å². The summed E-state index contributed by atoms with van der Waals surface area (Å²) in [6, 6.07) is 8.30. The largest absolute Gasteiger partial charge is 0.393 e. The molecule has 0 aromatic heterocycles. The molecular formula is C15H24O2. The van der Waals surface area contributed by atoms with E-state index in [-0.39, 0.29) is 6.10 Å². The van der Waals surface area contributed by atoms with Crippen LogP contribution in [0.1, 0.15) is 44.7 Å². The van der Waals surface area contributed by atoms with Crippen molar-refractivity contribution in [1.82, 2.24) is 0 Å². The smallest absolute Gasteiger partial charge is 0.0631 e. The van der Waals surface area contributed by atoms with Crippen molar-refractivity contribution < 1.29 is 10.2 Å². The van der Waals surface area contributed by atoms with Crippen LogP contribution in [0.15, 0.2) is 24.3 Å². The monoisotopic (exact) mass is 236 g/mol. The first kappa shape index (κ1) is 14.2. The minimum absolute atomic E-state index is 0.189. The maximum absolute atomic E-state index is 9.72. The summed E-state index contributed by atoms with van der Waals surface area (Å²) in [5.74, 6) is 0. The summed E-state index contributed by atoms with van der Waals surface area (Å²) < 4.78 is 0. The molecule has 0 fully saturated rings. The fourth-order valence-corrected chi connectivity index (χ4v) is 1.86. The zero-order valence-electron chi connectivity index (χ0n) is 11.1. The lowest BCUT2D eigenvalue weighted by molar-refractivity contribution is 0.0810. The molecule has 1 atom stereocenters. The van der Waals surface area contributed by atoms with E-state index < -0.39 is 5.60 Å². The molecule has 2 nitrogen and oxygen atoms in total. The zero-order valence-corrected chi connectivity index (χ0v) is 11.1. The quantitative estimate of drug-likeness (QED) is 0.797. The van der Waals surface area contributed by atoms with E-state index in [1.54, 1.807) is 0 Å². The summed E-state index contributed by atoms with van der Waals surface area (Å²) in [4.78, 5) is 0. The second-order valence-corrected chi connectivity index (χ2v) is 5.41. The lowest BCUT2D eigenvalue weighted by Gasteiger charge is -2.17. The van der Waals surface area contributed by atoms with E-state index in [2.05, 4.69) is 24.3 Å². The van der Waals surface area contributed by atoms with E-state index in [9.17, 15) is 10.2 Å². The first-order valence-electron chi connectivity index (χ1n) is 6.39. The summed E-state index contributed by atoms with van der Waals surface area (Å²) in [5, 5.41) is 19.2. The van der Waals surface area contributed by atoms with E-state index in [4.69, 9.17) is 0 Å². The van der Waals surface area contributed by atoms with Gasteiger partial charge in [-0.3, -0.25) is 0 Å². The van der Waals surface area contributed by atoms with Gasteiger partial charge in [-0.2, -0.15) is 0 Å². The van der Waals surface area contributed by atoms with Gasteiger partial charge in [-0.05, 0) is 44.2 Å². The van der Waals surface area contributed by atoms with Crippen molar-refractivity contribution in [3.05, 3.63) is 35.4 Å². The van der Waals surface area contributed by atoms with E-state index in [1.165, 1.54) is 5.56 Å². The standard InChI is InChI=1S/C15H24O2/c1-4-14(16)10-9-12-5-7-13(8-6-12)11-15(2,3)17/h5-8,14,16-17H,4,9-11H2,1-3H3. The topological polar surface area (TPSA) is 40.5 Å². The maximum atomic E-state index is 9.72. The molecule has 1 unspecified atom stereocenters. The SMILES string of the molecule is CCC(O)CCc1ccc(CC(C)(C)O)cc1. The highest BCUT2D eigenvalue weighted by molar-refractivity contribution is 5.23. The van der Waals surface area contributed by atoms with Crippen LogP contribution in [0.25, 0.3) is 0 Å². The number of aryl methyl sites for hydroxylation is 1. The van der Waals surface area contributed by atoms with Gasteiger partial charge < -0.3 is 10.2 Å². The molecule has 1 aromatic carbocycles. The molecule has 0 saturated carbocycles. The fourth-order valence-electron chi connectivity index (χ4n) is 1.86. The molecule has 2 N–H and O–H groups in total. The Hall–Kier alpha value is -0.860. The molecule has 0 aliphatic heterocycles. The third-order valence-electron chi connectivity index (χ3n) is 2.90. The van der Waals surface area contributed by atoms with Gasteiger partial charge in [0.1, 0.15) is 0 Å². The van der Waals surface area contributed by atoms with Gasteiger partial charge in [0.05, 0.1) is 11.7 Å². The molecule has 2 heteroatoms. The second-order valence-electron chi connectivity index (χ2n) is 5.41. The normalized spacial score (nSPS) is 13.7. The number of benzene rings is 1. The minimum Gasteiger partial charge on any atom is -0.393 e. The van der Waals surface area contributed by atoms with Crippen LogP contribution in [0.2, 0.25) is 0 Å². The second kappa shape index (κ2) is 6.18. The van der Waals surface area contributed by atoms with Gasteiger partial charge in [0.25, 0.3) is 0 Å². The summed E-state index contributed by atoms with van der Waals surface area (Å²) in [6.45, 7) is 5.63. The zero-order chi connectivity index (χ0) is 12.9. The van der Waals surface area contributed by atoms with E-state index in [0.717, 1.165) is 24.8 Å². The van der Waals surface area contributed by atoms with Crippen molar-refractivity contribution >= 4 is 0 Å². The van der Waals surface area contributed by atoms with Crippen LogP contribution in [-0.4, -0.2) is 21.9 Å². The average molecular weight is 236 g/mol. The number of aliphatic hydroxyl groups is 2. The number of rotatable bonds is 6. The summed E-state index contributed by atoms with van der Waals surface area (Å²) in [5.41, 5.74) is 1.74. The Morgan fingerprint density at radius 2 is 1.65 bits per heavy atom. The highest BCUT2D eigenvalue weighted by Crippen LogP contribution is 2.14. The molecular weight excluding hydrogens is 212 g/mol.